The Morgan fingerprint density at radius 3 is 2.42 bits per heavy atom. The Hall–Kier alpha value is -0.370. The van der Waals surface area contributed by atoms with Gasteiger partial charge in [-0.25, -0.2) is 0 Å². The van der Waals surface area contributed by atoms with Crippen molar-refractivity contribution in [1.82, 2.24) is 0 Å². The first-order valence-electron chi connectivity index (χ1n) is 4.66. The molecule has 0 radical (unpaired) electrons. The van der Waals surface area contributed by atoms with Crippen molar-refractivity contribution in [2.75, 3.05) is 0 Å². The van der Waals surface area contributed by atoms with E-state index < -0.39 is 5.60 Å². The molecular weight excluding hydrogens is 152 g/mol. The molecule has 0 aromatic carbocycles. The topological polar surface area (TPSA) is 37.3 Å². The average Bonchev–Trinajstić information content (AvgIpc) is 1.92. The van der Waals surface area contributed by atoms with Gasteiger partial charge in [0.1, 0.15) is 5.78 Å². The van der Waals surface area contributed by atoms with Gasteiger partial charge in [0.05, 0.1) is 5.60 Å². The molecule has 1 aliphatic carbocycles. The van der Waals surface area contributed by atoms with E-state index in [0.717, 1.165) is 12.8 Å². The molecule has 1 rings (SSSR count). The van der Waals surface area contributed by atoms with Crippen LogP contribution < -0.4 is 0 Å². The van der Waals surface area contributed by atoms with E-state index in [2.05, 4.69) is 0 Å². The summed E-state index contributed by atoms with van der Waals surface area (Å²) in [7, 11) is 0. The number of carbonyl (C=O) groups is 1. The number of carbonyl (C=O) groups excluding carboxylic acids is 1. The van der Waals surface area contributed by atoms with Crippen molar-refractivity contribution in [3.8, 4) is 0 Å². The Balaban J connectivity index is 2.57. The Bertz CT molecular complexity index is 179. The third-order valence-corrected chi connectivity index (χ3v) is 2.94. The summed E-state index contributed by atoms with van der Waals surface area (Å²) in [6, 6.07) is 0. The van der Waals surface area contributed by atoms with E-state index in [1.807, 2.05) is 6.92 Å². The molecule has 2 heteroatoms. The molecule has 1 fully saturated rings. The van der Waals surface area contributed by atoms with E-state index in [4.69, 9.17) is 0 Å². The first-order chi connectivity index (χ1) is 5.41. The van der Waals surface area contributed by atoms with Crippen molar-refractivity contribution in [3.05, 3.63) is 0 Å². The predicted octanol–water partition coefficient (Wildman–Crippen LogP) is 1.76. The number of hydrogen-bond acceptors (Lipinski definition) is 2. The summed E-state index contributed by atoms with van der Waals surface area (Å²) >= 11 is 0. The highest BCUT2D eigenvalue weighted by Gasteiger charge is 2.34. The summed E-state index contributed by atoms with van der Waals surface area (Å²) in [5.74, 6) is 0.693. The molecule has 0 amide bonds. The predicted molar refractivity (Wildman–Crippen MR) is 47.8 cm³/mol. The fraction of sp³-hybridized carbons (Fsp3) is 0.900. The van der Waals surface area contributed by atoms with Crippen LogP contribution in [0.25, 0.3) is 0 Å². The Kier molecular flexibility index (Phi) is 2.57. The number of Topliss-reactive ketones (excluding diaryl/α,β-unsaturated/α-hetero) is 1. The largest absolute Gasteiger partial charge is 0.390 e. The van der Waals surface area contributed by atoms with Crippen molar-refractivity contribution in [2.24, 2.45) is 11.8 Å². The molecule has 70 valence electrons. The normalized spacial score (nSPS) is 32.2. The minimum Gasteiger partial charge on any atom is -0.390 e. The average molecular weight is 170 g/mol. The van der Waals surface area contributed by atoms with Gasteiger partial charge in [-0.2, -0.15) is 0 Å². The Morgan fingerprint density at radius 1 is 1.42 bits per heavy atom. The molecular formula is C10H18O2. The molecule has 1 saturated carbocycles. The molecule has 0 aromatic rings. The van der Waals surface area contributed by atoms with Gasteiger partial charge in [-0.05, 0) is 32.6 Å². The van der Waals surface area contributed by atoms with Gasteiger partial charge in [-0.1, -0.05) is 6.92 Å². The highest BCUT2D eigenvalue weighted by Crippen LogP contribution is 2.32. The van der Waals surface area contributed by atoms with Crippen LogP contribution in [-0.4, -0.2) is 16.5 Å². The number of hydrogen-bond donors (Lipinski definition) is 1. The molecule has 1 N–H and O–H groups in total. The second-order valence-corrected chi connectivity index (χ2v) is 4.50. The van der Waals surface area contributed by atoms with Gasteiger partial charge in [0.15, 0.2) is 0 Å². The minimum absolute atomic E-state index is 0.168. The van der Waals surface area contributed by atoms with E-state index in [0.29, 0.717) is 12.2 Å². The van der Waals surface area contributed by atoms with Crippen molar-refractivity contribution < 1.29 is 9.90 Å². The van der Waals surface area contributed by atoms with Crippen LogP contribution in [0.1, 0.15) is 40.0 Å². The fourth-order valence-electron chi connectivity index (χ4n) is 1.76. The molecule has 0 heterocycles. The third kappa shape index (κ3) is 2.07. The van der Waals surface area contributed by atoms with E-state index in [9.17, 15) is 9.90 Å². The monoisotopic (exact) mass is 170 g/mol. The molecule has 0 aromatic heterocycles. The van der Waals surface area contributed by atoms with Crippen molar-refractivity contribution in [3.63, 3.8) is 0 Å². The minimum atomic E-state index is -0.685. The summed E-state index contributed by atoms with van der Waals surface area (Å²) in [6.45, 7) is 5.56. The van der Waals surface area contributed by atoms with E-state index in [-0.39, 0.29) is 11.8 Å². The number of ketones is 1. The summed E-state index contributed by atoms with van der Waals surface area (Å²) in [6.07, 6.45) is 2.48. The Morgan fingerprint density at radius 2 is 2.00 bits per heavy atom. The summed E-state index contributed by atoms with van der Waals surface area (Å²) in [4.78, 5) is 11.3. The summed E-state index contributed by atoms with van der Waals surface area (Å²) < 4.78 is 0. The lowest BCUT2D eigenvalue weighted by atomic mass is 9.75. The van der Waals surface area contributed by atoms with Crippen LogP contribution in [0.15, 0.2) is 0 Å². The zero-order valence-corrected chi connectivity index (χ0v) is 8.13. The van der Waals surface area contributed by atoms with Crippen molar-refractivity contribution >= 4 is 5.78 Å². The lowest BCUT2D eigenvalue weighted by Gasteiger charge is -2.33. The van der Waals surface area contributed by atoms with E-state index >= 15 is 0 Å². The summed E-state index contributed by atoms with van der Waals surface area (Å²) in [5.41, 5.74) is -0.685. The van der Waals surface area contributed by atoms with Crippen molar-refractivity contribution in [2.45, 2.75) is 45.6 Å². The van der Waals surface area contributed by atoms with E-state index in [1.54, 1.807) is 13.8 Å². The SMILES string of the molecule is CC1CC[C@@H](C(C)(C)O)CC1=O. The molecule has 0 aliphatic heterocycles. The van der Waals surface area contributed by atoms with Gasteiger partial charge in [-0.3, -0.25) is 4.79 Å². The maximum atomic E-state index is 11.3. The number of aliphatic hydroxyl groups is 1. The standard InChI is InChI=1S/C10H18O2/c1-7-4-5-8(6-9(7)11)10(2,3)12/h7-8,12H,4-6H2,1-3H3/t7?,8-/m1/s1. The van der Waals surface area contributed by atoms with Gasteiger partial charge in [0.2, 0.25) is 0 Å². The second-order valence-electron chi connectivity index (χ2n) is 4.50. The molecule has 0 saturated heterocycles. The van der Waals surface area contributed by atoms with Crippen LogP contribution in [0, 0.1) is 11.8 Å². The van der Waals surface area contributed by atoms with Gasteiger partial charge < -0.3 is 5.11 Å². The Labute approximate surface area is 74.0 Å². The van der Waals surface area contributed by atoms with Crippen LogP contribution in [0.4, 0.5) is 0 Å². The highest BCUT2D eigenvalue weighted by atomic mass is 16.3. The maximum absolute atomic E-state index is 11.3. The van der Waals surface area contributed by atoms with Crippen LogP contribution in [0.5, 0.6) is 0 Å². The van der Waals surface area contributed by atoms with Gasteiger partial charge in [-0.15, -0.1) is 0 Å². The first-order valence-corrected chi connectivity index (χ1v) is 4.66. The molecule has 1 aliphatic rings. The third-order valence-electron chi connectivity index (χ3n) is 2.94. The van der Waals surface area contributed by atoms with Gasteiger partial charge in [0.25, 0.3) is 0 Å². The fourth-order valence-corrected chi connectivity index (χ4v) is 1.76. The lowest BCUT2D eigenvalue weighted by Crippen LogP contribution is -2.37. The van der Waals surface area contributed by atoms with Crippen molar-refractivity contribution in [1.29, 1.82) is 0 Å². The second kappa shape index (κ2) is 3.17. The van der Waals surface area contributed by atoms with Crippen LogP contribution in [0.2, 0.25) is 0 Å². The molecule has 2 atom stereocenters. The zero-order valence-electron chi connectivity index (χ0n) is 8.13. The molecule has 12 heavy (non-hydrogen) atoms. The molecule has 0 bridgehead atoms. The van der Waals surface area contributed by atoms with Gasteiger partial charge >= 0.3 is 0 Å². The maximum Gasteiger partial charge on any atom is 0.136 e. The number of rotatable bonds is 1. The smallest absolute Gasteiger partial charge is 0.136 e. The summed E-state index contributed by atoms with van der Waals surface area (Å²) in [5, 5.41) is 9.69. The highest BCUT2D eigenvalue weighted by molar-refractivity contribution is 5.81. The first kappa shape index (κ1) is 9.72. The van der Waals surface area contributed by atoms with Crippen LogP contribution >= 0.6 is 0 Å². The van der Waals surface area contributed by atoms with Crippen LogP contribution in [-0.2, 0) is 4.79 Å². The molecule has 2 nitrogen and oxygen atoms in total. The van der Waals surface area contributed by atoms with Gasteiger partial charge in [0, 0.05) is 12.3 Å². The molecule has 0 spiro atoms. The van der Waals surface area contributed by atoms with Crippen LogP contribution in [0.3, 0.4) is 0 Å². The quantitative estimate of drug-likeness (QED) is 0.651. The zero-order chi connectivity index (χ0) is 9.35. The molecule has 1 unspecified atom stereocenters. The lowest BCUT2D eigenvalue weighted by molar-refractivity contribution is -0.129. The van der Waals surface area contributed by atoms with E-state index in [1.165, 1.54) is 0 Å².